The van der Waals surface area contributed by atoms with E-state index in [4.69, 9.17) is 11.6 Å². The molecule has 0 amide bonds. The van der Waals surface area contributed by atoms with Crippen molar-refractivity contribution < 1.29 is 4.92 Å². The number of anilines is 1. The number of rotatable bonds is 4. The molecule has 6 heteroatoms. The minimum atomic E-state index is -0.456. The van der Waals surface area contributed by atoms with E-state index < -0.39 is 4.92 Å². The van der Waals surface area contributed by atoms with Crippen molar-refractivity contribution in [3.63, 3.8) is 0 Å². The summed E-state index contributed by atoms with van der Waals surface area (Å²) in [6.45, 7) is 6.38. The summed E-state index contributed by atoms with van der Waals surface area (Å²) in [5.74, 6) is 0. The second kappa shape index (κ2) is 5.75. The summed E-state index contributed by atoms with van der Waals surface area (Å²) in [4.78, 5) is 12.8. The van der Waals surface area contributed by atoms with E-state index in [0.29, 0.717) is 12.1 Å². The quantitative estimate of drug-likeness (QED) is 0.681. The zero-order chi connectivity index (χ0) is 14.0. The van der Waals surface area contributed by atoms with Gasteiger partial charge in [-0.15, -0.1) is 0 Å². The SMILES string of the molecule is CC(C)N1CCC(Nc2ccc(Cl)c([N+](=O)[O-])c2)C1. The molecule has 1 heterocycles. The summed E-state index contributed by atoms with van der Waals surface area (Å²) in [5.41, 5.74) is 0.706. The Kier molecular flexibility index (Phi) is 4.27. The molecule has 2 rings (SSSR count). The highest BCUT2D eigenvalue weighted by atomic mass is 35.5. The molecule has 1 aromatic rings. The summed E-state index contributed by atoms with van der Waals surface area (Å²) in [6.07, 6.45) is 1.05. The van der Waals surface area contributed by atoms with E-state index in [2.05, 4.69) is 24.1 Å². The van der Waals surface area contributed by atoms with Gasteiger partial charge >= 0.3 is 0 Å². The molecule has 1 aromatic carbocycles. The minimum absolute atomic E-state index is 0.0506. The van der Waals surface area contributed by atoms with Crippen LogP contribution in [0.5, 0.6) is 0 Å². The Labute approximate surface area is 117 Å². The average molecular weight is 284 g/mol. The zero-order valence-corrected chi connectivity index (χ0v) is 11.9. The van der Waals surface area contributed by atoms with Crippen molar-refractivity contribution >= 4 is 23.0 Å². The fraction of sp³-hybridized carbons (Fsp3) is 0.538. The Bertz CT molecular complexity index is 479. The molecule has 104 valence electrons. The summed E-state index contributed by atoms with van der Waals surface area (Å²) in [6, 6.07) is 5.72. The van der Waals surface area contributed by atoms with E-state index in [0.717, 1.165) is 25.2 Å². The number of nitrogens with zero attached hydrogens (tertiary/aromatic N) is 2. The monoisotopic (exact) mass is 283 g/mol. The number of nitrogens with one attached hydrogen (secondary N) is 1. The van der Waals surface area contributed by atoms with Crippen molar-refractivity contribution in [2.75, 3.05) is 18.4 Å². The minimum Gasteiger partial charge on any atom is -0.381 e. The topological polar surface area (TPSA) is 58.4 Å². The largest absolute Gasteiger partial charge is 0.381 e. The fourth-order valence-corrected chi connectivity index (χ4v) is 2.54. The third-order valence-corrected chi connectivity index (χ3v) is 3.78. The van der Waals surface area contributed by atoms with Gasteiger partial charge in [-0.1, -0.05) is 11.6 Å². The molecule has 0 radical (unpaired) electrons. The summed E-state index contributed by atoms with van der Waals surface area (Å²) >= 11 is 5.79. The van der Waals surface area contributed by atoms with Crippen LogP contribution in [0.4, 0.5) is 11.4 Å². The predicted octanol–water partition coefficient (Wildman–Crippen LogP) is 3.14. The lowest BCUT2D eigenvalue weighted by atomic mass is 10.2. The molecule has 1 fully saturated rings. The number of likely N-dealkylation sites (tertiary alicyclic amines) is 1. The van der Waals surface area contributed by atoms with Gasteiger partial charge in [-0.25, -0.2) is 0 Å². The third kappa shape index (κ3) is 3.36. The first-order valence-corrected chi connectivity index (χ1v) is 6.79. The van der Waals surface area contributed by atoms with Crippen LogP contribution in [0.2, 0.25) is 5.02 Å². The molecular formula is C13H18ClN3O2. The number of nitro benzene ring substituents is 1. The molecule has 1 aliphatic rings. The van der Waals surface area contributed by atoms with E-state index >= 15 is 0 Å². The van der Waals surface area contributed by atoms with Gasteiger partial charge in [0.25, 0.3) is 5.69 Å². The van der Waals surface area contributed by atoms with Crippen LogP contribution in [0.3, 0.4) is 0 Å². The van der Waals surface area contributed by atoms with Gasteiger partial charge in [-0.2, -0.15) is 0 Å². The molecule has 19 heavy (non-hydrogen) atoms. The molecule has 1 unspecified atom stereocenters. The zero-order valence-electron chi connectivity index (χ0n) is 11.1. The second-order valence-electron chi connectivity index (χ2n) is 5.14. The van der Waals surface area contributed by atoms with Crippen LogP contribution < -0.4 is 5.32 Å². The highest BCUT2D eigenvalue weighted by Gasteiger charge is 2.24. The highest BCUT2D eigenvalue weighted by Crippen LogP contribution is 2.28. The average Bonchev–Trinajstić information content (AvgIpc) is 2.80. The summed E-state index contributed by atoms with van der Waals surface area (Å²) < 4.78 is 0. The maximum Gasteiger partial charge on any atom is 0.289 e. The molecule has 0 aromatic heterocycles. The lowest BCUT2D eigenvalue weighted by Crippen LogP contribution is -2.31. The van der Waals surface area contributed by atoms with Gasteiger partial charge < -0.3 is 5.32 Å². The standard InChI is InChI=1S/C13H18ClN3O2/c1-9(2)16-6-5-11(8-16)15-10-3-4-12(14)13(7-10)17(18)19/h3-4,7,9,11,15H,5-6,8H2,1-2H3. The van der Waals surface area contributed by atoms with Crippen molar-refractivity contribution in [1.82, 2.24) is 4.90 Å². The number of hydrogen-bond acceptors (Lipinski definition) is 4. The van der Waals surface area contributed by atoms with Gasteiger partial charge in [-0.05, 0) is 32.4 Å². The Morgan fingerprint density at radius 1 is 1.53 bits per heavy atom. The second-order valence-corrected chi connectivity index (χ2v) is 5.55. The van der Waals surface area contributed by atoms with Crippen LogP contribution in [0.15, 0.2) is 18.2 Å². The molecule has 1 N–H and O–H groups in total. The Morgan fingerprint density at radius 3 is 2.84 bits per heavy atom. The number of benzene rings is 1. The van der Waals surface area contributed by atoms with Crippen LogP contribution in [-0.2, 0) is 0 Å². The first-order valence-electron chi connectivity index (χ1n) is 6.42. The van der Waals surface area contributed by atoms with E-state index in [1.54, 1.807) is 12.1 Å². The van der Waals surface area contributed by atoms with Gasteiger partial charge in [0.15, 0.2) is 0 Å². The normalized spacial score (nSPS) is 19.9. The molecule has 1 aliphatic heterocycles. The fourth-order valence-electron chi connectivity index (χ4n) is 2.35. The molecule has 0 spiro atoms. The molecule has 1 saturated heterocycles. The lowest BCUT2D eigenvalue weighted by Gasteiger charge is -2.20. The first kappa shape index (κ1) is 14.1. The summed E-state index contributed by atoms with van der Waals surface area (Å²) in [5, 5.41) is 14.4. The molecule has 5 nitrogen and oxygen atoms in total. The van der Waals surface area contributed by atoms with E-state index in [1.165, 1.54) is 6.07 Å². The van der Waals surface area contributed by atoms with Crippen LogP contribution in [0, 0.1) is 10.1 Å². The van der Waals surface area contributed by atoms with Crippen molar-refractivity contribution in [3.8, 4) is 0 Å². The first-order chi connectivity index (χ1) is 8.97. The Balaban J connectivity index is 2.04. The number of halogens is 1. The van der Waals surface area contributed by atoms with Crippen LogP contribution in [0.1, 0.15) is 20.3 Å². The lowest BCUT2D eigenvalue weighted by molar-refractivity contribution is -0.384. The van der Waals surface area contributed by atoms with Crippen molar-refractivity contribution in [1.29, 1.82) is 0 Å². The molecular weight excluding hydrogens is 266 g/mol. The van der Waals surface area contributed by atoms with E-state index in [9.17, 15) is 10.1 Å². The molecule has 0 saturated carbocycles. The summed E-state index contributed by atoms with van der Waals surface area (Å²) in [7, 11) is 0. The van der Waals surface area contributed by atoms with Gasteiger partial charge in [0.1, 0.15) is 5.02 Å². The predicted molar refractivity (Wildman–Crippen MR) is 76.8 cm³/mol. The third-order valence-electron chi connectivity index (χ3n) is 3.46. The van der Waals surface area contributed by atoms with Gasteiger partial charge in [0.05, 0.1) is 4.92 Å². The Hall–Kier alpha value is -1.33. The van der Waals surface area contributed by atoms with Crippen LogP contribution in [0.25, 0.3) is 0 Å². The highest BCUT2D eigenvalue weighted by molar-refractivity contribution is 6.32. The molecule has 0 bridgehead atoms. The number of hydrogen-bond donors (Lipinski definition) is 1. The molecule has 0 aliphatic carbocycles. The van der Waals surface area contributed by atoms with Crippen LogP contribution >= 0.6 is 11.6 Å². The number of nitro groups is 1. The van der Waals surface area contributed by atoms with E-state index in [-0.39, 0.29) is 10.7 Å². The van der Waals surface area contributed by atoms with Gasteiger partial charge in [0, 0.05) is 36.9 Å². The van der Waals surface area contributed by atoms with E-state index in [1.807, 2.05) is 0 Å². The van der Waals surface area contributed by atoms with Gasteiger partial charge in [-0.3, -0.25) is 15.0 Å². The Morgan fingerprint density at radius 2 is 2.26 bits per heavy atom. The van der Waals surface area contributed by atoms with Crippen molar-refractivity contribution in [2.24, 2.45) is 0 Å². The maximum atomic E-state index is 10.8. The van der Waals surface area contributed by atoms with Crippen molar-refractivity contribution in [2.45, 2.75) is 32.4 Å². The van der Waals surface area contributed by atoms with Gasteiger partial charge in [0.2, 0.25) is 0 Å². The van der Waals surface area contributed by atoms with Crippen LogP contribution in [-0.4, -0.2) is 35.0 Å². The molecule has 1 atom stereocenters. The smallest absolute Gasteiger partial charge is 0.289 e. The maximum absolute atomic E-state index is 10.8. The van der Waals surface area contributed by atoms with Crippen molar-refractivity contribution in [3.05, 3.63) is 33.3 Å².